The standard InChI is InChI=1S/C28H40O7/c1-26(2,3)35-20-8-7-19-21-17(9-11-27(19,20)4)16-10-12-28(33-13-14-34-28)15-18(16)22(24(29)31-5)23(21)25(30)32-6/h18-21H,7-15H2,1-6H3/t18-,19+,20+,21-,27+/m1/s1. The number of rotatable bonds is 3. The van der Waals surface area contributed by atoms with Crippen molar-refractivity contribution in [1.82, 2.24) is 0 Å². The molecule has 0 aromatic carbocycles. The number of hydrogen-bond donors (Lipinski definition) is 0. The molecule has 1 saturated heterocycles. The van der Waals surface area contributed by atoms with Gasteiger partial charge in [-0.2, -0.15) is 0 Å². The Labute approximate surface area is 208 Å². The summed E-state index contributed by atoms with van der Waals surface area (Å²) in [4.78, 5) is 26.8. The lowest BCUT2D eigenvalue weighted by Crippen LogP contribution is -2.49. The lowest BCUT2D eigenvalue weighted by Gasteiger charge is -2.52. The van der Waals surface area contributed by atoms with Crippen LogP contribution in [0.2, 0.25) is 0 Å². The average molecular weight is 489 g/mol. The molecule has 4 fully saturated rings. The molecule has 7 heteroatoms. The van der Waals surface area contributed by atoms with Crippen molar-refractivity contribution in [3.63, 3.8) is 0 Å². The summed E-state index contributed by atoms with van der Waals surface area (Å²) in [5.41, 5.74) is 3.24. The van der Waals surface area contributed by atoms with E-state index in [0.717, 1.165) is 38.5 Å². The predicted molar refractivity (Wildman–Crippen MR) is 128 cm³/mol. The molecule has 1 spiro atoms. The van der Waals surface area contributed by atoms with Gasteiger partial charge < -0.3 is 23.7 Å². The monoisotopic (exact) mass is 488 g/mol. The van der Waals surface area contributed by atoms with E-state index in [1.807, 2.05) is 0 Å². The first-order chi connectivity index (χ1) is 16.5. The molecular weight excluding hydrogens is 448 g/mol. The zero-order valence-electron chi connectivity index (χ0n) is 22.0. The lowest BCUT2D eigenvalue weighted by molar-refractivity contribution is -0.179. The van der Waals surface area contributed by atoms with Gasteiger partial charge in [0.05, 0.1) is 50.3 Å². The van der Waals surface area contributed by atoms with Gasteiger partial charge in [0.15, 0.2) is 5.79 Å². The maximum atomic E-state index is 13.4. The molecule has 35 heavy (non-hydrogen) atoms. The van der Waals surface area contributed by atoms with Crippen molar-refractivity contribution in [1.29, 1.82) is 0 Å². The van der Waals surface area contributed by atoms with E-state index in [2.05, 4.69) is 27.7 Å². The van der Waals surface area contributed by atoms with Gasteiger partial charge in [0, 0.05) is 24.7 Å². The number of fused-ring (bicyclic) bond motifs is 4. The van der Waals surface area contributed by atoms with Gasteiger partial charge in [0.2, 0.25) is 0 Å². The Bertz CT molecular complexity index is 964. The maximum absolute atomic E-state index is 13.4. The van der Waals surface area contributed by atoms with Gasteiger partial charge >= 0.3 is 11.9 Å². The molecule has 0 amide bonds. The maximum Gasteiger partial charge on any atom is 0.334 e. The molecule has 5 atom stereocenters. The Morgan fingerprint density at radius 3 is 2.17 bits per heavy atom. The Kier molecular flexibility index (Phi) is 6.21. The normalized spacial score (nSPS) is 36.1. The number of esters is 2. The summed E-state index contributed by atoms with van der Waals surface area (Å²) < 4.78 is 29.3. The van der Waals surface area contributed by atoms with Crippen LogP contribution >= 0.6 is 0 Å². The van der Waals surface area contributed by atoms with E-state index in [1.54, 1.807) is 0 Å². The molecule has 0 N–H and O–H groups in total. The number of methoxy groups -OCH3 is 2. The average Bonchev–Trinajstić information content (AvgIpc) is 3.40. The van der Waals surface area contributed by atoms with Crippen molar-refractivity contribution in [2.24, 2.45) is 23.2 Å². The van der Waals surface area contributed by atoms with Crippen LogP contribution in [0.1, 0.15) is 72.6 Å². The third kappa shape index (κ3) is 3.98. The number of hydrogen-bond acceptors (Lipinski definition) is 7. The van der Waals surface area contributed by atoms with Crippen LogP contribution in [0.4, 0.5) is 0 Å². The summed E-state index contributed by atoms with van der Waals surface area (Å²) in [6.07, 6.45) is 6.04. The smallest absolute Gasteiger partial charge is 0.334 e. The van der Waals surface area contributed by atoms with E-state index in [9.17, 15) is 9.59 Å². The zero-order chi connectivity index (χ0) is 25.2. The van der Waals surface area contributed by atoms with Crippen molar-refractivity contribution in [3.05, 3.63) is 22.3 Å². The first-order valence-corrected chi connectivity index (χ1v) is 13.1. The summed E-state index contributed by atoms with van der Waals surface area (Å²) >= 11 is 0. The molecule has 7 nitrogen and oxygen atoms in total. The minimum atomic E-state index is -0.690. The highest BCUT2D eigenvalue weighted by molar-refractivity contribution is 6.02. The zero-order valence-corrected chi connectivity index (χ0v) is 22.0. The molecule has 5 aliphatic rings. The predicted octanol–water partition coefficient (Wildman–Crippen LogP) is 4.49. The van der Waals surface area contributed by atoms with Gasteiger partial charge in [-0.05, 0) is 64.2 Å². The molecule has 3 saturated carbocycles. The molecule has 1 heterocycles. The summed E-state index contributed by atoms with van der Waals surface area (Å²) in [7, 11) is 2.79. The van der Waals surface area contributed by atoms with Crippen molar-refractivity contribution in [2.75, 3.05) is 27.4 Å². The van der Waals surface area contributed by atoms with Gasteiger partial charge in [-0.15, -0.1) is 0 Å². The van der Waals surface area contributed by atoms with Crippen LogP contribution in [0.25, 0.3) is 0 Å². The largest absolute Gasteiger partial charge is 0.466 e. The minimum Gasteiger partial charge on any atom is -0.466 e. The van der Waals surface area contributed by atoms with Crippen molar-refractivity contribution in [2.45, 2.75) is 90.1 Å². The SMILES string of the molecule is COC(=O)C1=C(C(=O)OC)[C@@H]2C(=C3CCC4(C[C@H]31)OCCO4)CC[C@]1(C)[C@@H](OC(C)(C)C)CC[C@@H]21. The van der Waals surface area contributed by atoms with E-state index in [1.165, 1.54) is 25.4 Å². The van der Waals surface area contributed by atoms with Crippen LogP contribution in [-0.2, 0) is 33.3 Å². The summed E-state index contributed by atoms with van der Waals surface area (Å²) in [5.74, 6) is -1.75. The van der Waals surface area contributed by atoms with E-state index < -0.39 is 17.7 Å². The van der Waals surface area contributed by atoms with Crippen LogP contribution in [0.3, 0.4) is 0 Å². The van der Waals surface area contributed by atoms with Crippen LogP contribution in [0.5, 0.6) is 0 Å². The van der Waals surface area contributed by atoms with Crippen molar-refractivity contribution >= 4 is 11.9 Å². The van der Waals surface area contributed by atoms with E-state index in [4.69, 9.17) is 23.7 Å². The number of ether oxygens (including phenoxy) is 5. The fourth-order valence-electron chi connectivity index (χ4n) is 7.80. The molecule has 1 aliphatic heterocycles. The van der Waals surface area contributed by atoms with E-state index in [0.29, 0.717) is 30.8 Å². The van der Waals surface area contributed by atoms with E-state index >= 15 is 0 Å². The fraction of sp³-hybridized carbons (Fsp3) is 0.786. The second-order valence-electron chi connectivity index (χ2n) is 12.1. The third-order valence-corrected chi connectivity index (χ3v) is 9.23. The van der Waals surface area contributed by atoms with Crippen LogP contribution < -0.4 is 0 Å². The Morgan fingerprint density at radius 1 is 0.914 bits per heavy atom. The van der Waals surface area contributed by atoms with Crippen LogP contribution in [0, 0.1) is 23.2 Å². The van der Waals surface area contributed by atoms with Crippen molar-refractivity contribution < 1.29 is 33.3 Å². The van der Waals surface area contributed by atoms with E-state index in [-0.39, 0.29) is 34.9 Å². The first-order valence-electron chi connectivity index (χ1n) is 13.1. The molecule has 0 aromatic rings. The van der Waals surface area contributed by atoms with Crippen molar-refractivity contribution in [3.8, 4) is 0 Å². The molecular formula is C28H40O7. The number of allylic oxidation sites excluding steroid dienone is 2. The Hall–Kier alpha value is -1.70. The van der Waals surface area contributed by atoms with Gasteiger partial charge in [0.25, 0.3) is 0 Å². The Balaban J connectivity index is 1.63. The summed E-state index contributed by atoms with van der Waals surface area (Å²) in [5, 5.41) is 0. The Morgan fingerprint density at radius 2 is 1.54 bits per heavy atom. The summed E-state index contributed by atoms with van der Waals surface area (Å²) in [6, 6.07) is 0. The lowest BCUT2D eigenvalue weighted by atomic mass is 9.54. The fourth-order valence-corrected chi connectivity index (χ4v) is 7.80. The molecule has 0 radical (unpaired) electrons. The number of carbonyl (C=O) groups excluding carboxylic acids is 2. The van der Waals surface area contributed by atoms with Gasteiger partial charge in [0.1, 0.15) is 0 Å². The van der Waals surface area contributed by atoms with Crippen LogP contribution in [0.15, 0.2) is 22.3 Å². The van der Waals surface area contributed by atoms with Gasteiger partial charge in [-0.3, -0.25) is 0 Å². The third-order valence-electron chi connectivity index (χ3n) is 9.23. The molecule has 4 aliphatic carbocycles. The minimum absolute atomic E-state index is 0.0804. The second kappa shape index (κ2) is 8.70. The topological polar surface area (TPSA) is 80.3 Å². The molecule has 5 rings (SSSR count). The molecule has 0 unspecified atom stereocenters. The highest BCUT2D eigenvalue weighted by atomic mass is 16.7. The second-order valence-corrected chi connectivity index (χ2v) is 12.1. The molecule has 194 valence electrons. The quantitative estimate of drug-likeness (QED) is 0.428. The first kappa shape index (κ1) is 25.0. The highest BCUT2D eigenvalue weighted by Crippen LogP contribution is 2.63. The van der Waals surface area contributed by atoms with Gasteiger partial charge in [-0.1, -0.05) is 18.1 Å². The van der Waals surface area contributed by atoms with Crippen LogP contribution in [-0.4, -0.2) is 56.9 Å². The highest BCUT2D eigenvalue weighted by Gasteiger charge is 2.59. The summed E-state index contributed by atoms with van der Waals surface area (Å²) in [6.45, 7) is 9.73. The molecule has 0 aromatic heterocycles. The van der Waals surface area contributed by atoms with Gasteiger partial charge in [-0.25, -0.2) is 9.59 Å². The molecule has 0 bridgehead atoms. The number of carbonyl (C=O) groups is 2.